The Morgan fingerprint density at radius 3 is 2.85 bits per heavy atom. The van der Waals surface area contributed by atoms with Gasteiger partial charge in [-0.1, -0.05) is 30.3 Å². The fourth-order valence-corrected chi connectivity index (χ4v) is 6.49. The van der Waals surface area contributed by atoms with Gasteiger partial charge >= 0.3 is 5.97 Å². The number of carbonyl (C=O) groups excluding carboxylic acids is 1. The SMILES string of the molecule is Cc1[nH]c2c(C)cc3c(c2c1C(=O)OCc1ccccc1)CC1CCCN2CCCCC12O3. The number of fused-ring (bicyclic) bond motifs is 3. The highest BCUT2D eigenvalue weighted by Crippen LogP contribution is 2.50. The van der Waals surface area contributed by atoms with Gasteiger partial charge in [0.05, 0.1) is 5.56 Å². The molecule has 0 amide bonds. The van der Waals surface area contributed by atoms with Gasteiger partial charge in [-0.25, -0.2) is 4.79 Å². The van der Waals surface area contributed by atoms with Crippen molar-refractivity contribution in [1.29, 1.82) is 0 Å². The first-order valence-corrected chi connectivity index (χ1v) is 12.4. The Kier molecular flexibility index (Phi) is 4.98. The third kappa shape index (κ3) is 3.28. The molecule has 1 aromatic heterocycles. The van der Waals surface area contributed by atoms with E-state index in [4.69, 9.17) is 9.47 Å². The van der Waals surface area contributed by atoms with Crippen LogP contribution < -0.4 is 4.74 Å². The van der Waals surface area contributed by atoms with Crippen LogP contribution in [0.25, 0.3) is 10.9 Å². The zero-order valence-corrected chi connectivity index (χ0v) is 19.6. The normalized spacial score (nSPS) is 24.5. The first kappa shape index (κ1) is 20.8. The van der Waals surface area contributed by atoms with Crippen molar-refractivity contribution in [3.05, 3.63) is 64.3 Å². The molecular formula is C28H32N2O3. The molecule has 2 atom stereocenters. The monoisotopic (exact) mass is 444 g/mol. The van der Waals surface area contributed by atoms with Crippen LogP contribution in [0, 0.1) is 19.8 Å². The lowest BCUT2D eigenvalue weighted by atomic mass is 9.74. The summed E-state index contributed by atoms with van der Waals surface area (Å²) < 4.78 is 12.7. The van der Waals surface area contributed by atoms with E-state index in [2.05, 4.69) is 22.9 Å². The van der Waals surface area contributed by atoms with Gasteiger partial charge in [-0.15, -0.1) is 0 Å². The number of aryl methyl sites for hydroxylation is 2. The minimum atomic E-state index is -0.265. The molecule has 0 saturated carbocycles. The maximum absolute atomic E-state index is 13.3. The topological polar surface area (TPSA) is 54.6 Å². The number of nitrogens with one attached hydrogen (secondary N) is 1. The maximum Gasteiger partial charge on any atom is 0.340 e. The Hall–Kier alpha value is -2.79. The summed E-state index contributed by atoms with van der Waals surface area (Å²) in [4.78, 5) is 19.4. The summed E-state index contributed by atoms with van der Waals surface area (Å²) in [6, 6.07) is 12.0. The molecule has 2 saturated heterocycles. The number of ether oxygens (including phenoxy) is 2. The van der Waals surface area contributed by atoms with E-state index in [0.29, 0.717) is 11.5 Å². The van der Waals surface area contributed by atoms with E-state index in [1.165, 1.54) is 31.2 Å². The molecule has 6 rings (SSSR count). The first-order chi connectivity index (χ1) is 16.1. The number of piperidine rings is 2. The van der Waals surface area contributed by atoms with E-state index in [0.717, 1.165) is 59.4 Å². The van der Waals surface area contributed by atoms with E-state index in [1.54, 1.807) is 0 Å². The van der Waals surface area contributed by atoms with Gasteiger partial charge in [0.1, 0.15) is 12.4 Å². The molecule has 1 spiro atoms. The summed E-state index contributed by atoms with van der Waals surface area (Å²) in [6.07, 6.45) is 6.95. The Balaban J connectivity index is 1.42. The molecule has 3 aromatic rings. The van der Waals surface area contributed by atoms with Crippen LogP contribution in [0.15, 0.2) is 36.4 Å². The van der Waals surface area contributed by atoms with Gasteiger partial charge in [0.2, 0.25) is 0 Å². The van der Waals surface area contributed by atoms with Crippen LogP contribution in [0.4, 0.5) is 0 Å². The zero-order chi connectivity index (χ0) is 22.6. The minimum Gasteiger partial charge on any atom is -0.472 e. The smallest absolute Gasteiger partial charge is 0.340 e. The molecule has 4 heterocycles. The van der Waals surface area contributed by atoms with Gasteiger partial charge in [-0.3, -0.25) is 4.90 Å². The summed E-state index contributed by atoms with van der Waals surface area (Å²) in [7, 11) is 0. The molecule has 3 aliphatic heterocycles. The number of hydrogen-bond donors (Lipinski definition) is 1. The largest absolute Gasteiger partial charge is 0.472 e. The summed E-state index contributed by atoms with van der Waals surface area (Å²) in [5.74, 6) is 1.16. The maximum atomic E-state index is 13.3. The molecule has 2 aromatic carbocycles. The highest BCUT2D eigenvalue weighted by Gasteiger charge is 2.52. The molecule has 1 N–H and O–H groups in total. The Bertz CT molecular complexity index is 1210. The predicted octanol–water partition coefficient (Wildman–Crippen LogP) is 5.67. The van der Waals surface area contributed by atoms with Crippen LogP contribution in [-0.2, 0) is 17.8 Å². The highest BCUT2D eigenvalue weighted by atomic mass is 16.5. The highest BCUT2D eigenvalue weighted by molar-refractivity contribution is 6.08. The minimum absolute atomic E-state index is 0.164. The van der Waals surface area contributed by atoms with Gasteiger partial charge in [0.15, 0.2) is 5.72 Å². The number of aromatic amines is 1. The summed E-state index contributed by atoms with van der Waals surface area (Å²) in [5, 5.41) is 1.00. The lowest BCUT2D eigenvalue weighted by Crippen LogP contribution is -2.64. The number of esters is 1. The quantitative estimate of drug-likeness (QED) is 0.529. The second-order valence-electron chi connectivity index (χ2n) is 10.0. The van der Waals surface area contributed by atoms with Gasteiger partial charge < -0.3 is 14.5 Å². The van der Waals surface area contributed by atoms with Gasteiger partial charge in [-0.2, -0.15) is 0 Å². The molecule has 33 heavy (non-hydrogen) atoms. The number of hydrogen-bond acceptors (Lipinski definition) is 4. The van der Waals surface area contributed by atoms with Crippen molar-refractivity contribution in [2.45, 2.75) is 64.7 Å². The number of carbonyl (C=O) groups is 1. The summed E-state index contributed by atoms with van der Waals surface area (Å²) >= 11 is 0. The van der Waals surface area contributed by atoms with Crippen molar-refractivity contribution in [3.8, 4) is 5.75 Å². The number of benzene rings is 2. The molecule has 0 aliphatic carbocycles. The average molecular weight is 445 g/mol. The van der Waals surface area contributed by atoms with Gasteiger partial charge in [0, 0.05) is 47.6 Å². The van der Waals surface area contributed by atoms with Crippen molar-refractivity contribution in [2.24, 2.45) is 5.92 Å². The molecule has 3 aliphatic rings. The molecule has 5 heteroatoms. The number of nitrogens with zero attached hydrogens (tertiary/aromatic N) is 1. The second-order valence-corrected chi connectivity index (χ2v) is 10.0. The van der Waals surface area contributed by atoms with Gasteiger partial charge in [0.25, 0.3) is 0 Å². The molecule has 172 valence electrons. The number of H-pyrrole nitrogens is 1. The van der Waals surface area contributed by atoms with Crippen molar-refractivity contribution in [2.75, 3.05) is 13.1 Å². The Morgan fingerprint density at radius 1 is 1.18 bits per heavy atom. The van der Waals surface area contributed by atoms with Crippen LogP contribution >= 0.6 is 0 Å². The van der Waals surface area contributed by atoms with E-state index in [9.17, 15) is 4.79 Å². The lowest BCUT2D eigenvalue weighted by molar-refractivity contribution is -0.177. The fraction of sp³-hybridized carbons (Fsp3) is 0.464. The van der Waals surface area contributed by atoms with Gasteiger partial charge in [-0.05, 0) is 63.1 Å². The predicted molar refractivity (Wildman–Crippen MR) is 129 cm³/mol. The van der Waals surface area contributed by atoms with Crippen LogP contribution in [0.3, 0.4) is 0 Å². The van der Waals surface area contributed by atoms with E-state index in [-0.39, 0.29) is 18.3 Å². The molecular weight excluding hydrogens is 412 g/mol. The van der Waals surface area contributed by atoms with Crippen LogP contribution in [0.5, 0.6) is 5.75 Å². The third-order valence-electron chi connectivity index (χ3n) is 8.05. The summed E-state index contributed by atoms with van der Waals surface area (Å²) in [6.45, 7) is 6.61. The fourth-order valence-electron chi connectivity index (χ4n) is 6.49. The van der Waals surface area contributed by atoms with Crippen molar-refractivity contribution < 1.29 is 14.3 Å². The number of rotatable bonds is 3. The van der Waals surface area contributed by atoms with Crippen molar-refractivity contribution >= 4 is 16.9 Å². The lowest BCUT2D eigenvalue weighted by Gasteiger charge is -2.56. The summed E-state index contributed by atoms with van der Waals surface area (Å²) in [5.41, 5.74) is 5.68. The molecule has 0 radical (unpaired) electrons. The Morgan fingerprint density at radius 2 is 2.00 bits per heavy atom. The van der Waals surface area contributed by atoms with E-state index >= 15 is 0 Å². The van der Waals surface area contributed by atoms with Crippen molar-refractivity contribution in [1.82, 2.24) is 9.88 Å². The zero-order valence-electron chi connectivity index (χ0n) is 19.6. The molecule has 2 fully saturated rings. The Labute approximate surface area is 195 Å². The number of aromatic nitrogens is 1. The van der Waals surface area contributed by atoms with E-state index in [1.807, 2.05) is 37.3 Å². The van der Waals surface area contributed by atoms with E-state index < -0.39 is 0 Å². The van der Waals surface area contributed by atoms with Crippen LogP contribution in [0.2, 0.25) is 0 Å². The standard InChI is InChI=1S/C28H32N2O3/c1-18-15-23-22(16-21-11-8-14-30-13-7-6-12-28(21,30)33-23)25-24(19(2)29-26(18)25)27(31)32-17-20-9-4-3-5-10-20/h3-5,9-10,15,21,29H,6-8,11-14,16-17H2,1-2H3. The third-order valence-corrected chi connectivity index (χ3v) is 8.05. The first-order valence-electron chi connectivity index (χ1n) is 12.4. The van der Waals surface area contributed by atoms with Crippen LogP contribution in [0.1, 0.15) is 64.8 Å². The molecule has 2 unspecified atom stereocenters. The molecule has 0 bridgehead atoms. The van der Waals surface area contributed by atoms with Crippen molar-refractivity contribution in [3.63, 3.8) is 0 Å². The average Bonchev–Trinajstić information content (AvgIpc) is 3.19. The second kappa shape index (κ2) is 7.91. The molecule has 5 nitrogen and oxygen atoms in total. The van der Waals surface area contributed by atoms with Crippen LogP contribution in [-0.4, -0.2) is 34.7 Å².